The Morgan fingerprint density at radius 2 is 1.52 bits per heavy atom. The highest BCUT2D eigenvalue weighted by Gasteiger charge is 2.59. The topological polar surface area (TPSA) is 96.9 Å². The van der Waals surface area contributed by atoms with Gasteiger partial charge in [-0.05, 0) is 75.5 Å². The molecular formula is C23H24F3N5O2. The lowest BCUT2D eigenvalue weighted by atomic mass is 9.49. The maximum atomic E-state index is 13.0. The minimum Gasteiger partial charge on any atom is -0.345 e. The molecule has 2 aromatic rings. The smallest absolute Gasteiger partial charge is 0.345 e. The normalized spacial score (nSPS) is 30.2. The molecule has 6 rings (SSSR count). The minimum atomic E-state index is -4.73. The van der Waals surface area contributed by atoms with Crippen molar-refractivity contribution in [1.82, 2.24) is 25.6 Å². The van der Waals surface area contributed by atoms with E-state index in [1.807, 2.05) is 13.0 Å². The van der Waals surface area contributed by atoms with E-state index < -0.39 is 29.0 Å². The van der Waals surface area contributed by atoms with E-state index in [1.165, 1.54) is 6.07 Å². The predicted octanol–water partition coefficient (Wildman–Crippen LogP) is 3.45. The minimum absolute atomic E-state index is 0.243. The fourth-order valence-electron chi connectivity index (χ4n) is 6.46. The van der Waals surface area contributed by atoms with Crippen LogP contribution >= 0.6 is 0 Å². The van der Waals surface area contributed by atoms with Crippen molar-refractivity contribution in [2.45, 2.75) is 62.7 Å². The van der Waals surface area contributed by atoms with Gasteiger partial charge in [0.1, 0.15) is 11.4 Å². The summed E-state index contributed by atoms with van der Waals surface area (Å²) in [5.74, 6) is -1.57. The molecule has 10 heteroatoms. The van der Waals surface area contributed by atoms with Gasteiger partial charge in [0.15, 0.2) is 0 Å². The molecule has 7 nitrogen and oxygen atoms in total. The third kappa shape index (κ3) is 4.18. The Labute approximate surface area is 188 Å². The number of aryl methyl sites for hydroxylation is 1. The van der Waals surface area contributed by atoms with Crippen LogP contribution in [0.2, 0.25) is 0 Å². The maximum Gasteiger partial charge on any atom is 0.451 e. The summed E-state index contributed by atoms with van der Waals surface area (Å²) in [5.41, 5.74) is -0.264. The van der Waals surface area contributed by atoms with Gasteiger partial charge in [-0.3, -0.25) is 9.59 Å². The summed E-state index contributed by atoms with van der Waals surface area (Å²) in [6.45, 7) is 1.82. The molecule has 2 atom stereocenters. The van der Waals surface area contributed by atoms with Gasteiger partial charge >= 0.3 is 6.18 Å². The lowest BCUT2D eigenvalue weighted by molar-refractivity contribution is -0.145. The van der Waals surface area contributed by atoms with Crippen LogP contribution in [0.1, 0.15) is 71.0 Å². The lowest BCUT2D eigenvalue weighted by Gasteiger charge is -2.62. The molecule has 2 unspecified atom stereocenters. The van der Waals surface area contributed by atoms with Gasteiger partial charge in [0.05, 0.1) is 0 Å². The van der Waals surface area contributed by atoms with Crippen molar-refractivity contribution >= 4 is 11.8 Å². The first-order valence-electron chi connectivity index (χ1n) is 11.0. The second kappa shape index (κ2) is 7.50. The Kier molecular flexibility index (Phi) is 4.95. The van der Waals surface area contributed by atoms with E-state index in [2.05, 4.69) is 25.6 Å². The van der Waals surface area contributed by atoms with Crippen LogP contribution in [0.3, 0.4) is 0 Å². The fraction of sp³-hybridized carbons (Fsp3) is 0.522. The van der Waals surface area contributed by atoms with Gasteiger partial charge in [0.25, 0.3) is 11.8 Å². The number of rotatable bonds is 4. The molecule has 0 aliphatic heterocycles. The quantitative estimate of drug-likeness (QED) is 0.730. The number of hydrogen-bond acceptors (Lipinski definition) is 5. The SMILES string of the molecule is Cc1cccc(C(=O)NC23CC4CC(C2)CC(NC(=O)c2ccnc(C(F)(F)F)n2)(C4)C3)n1. The van der Waals surface area contributed by atoms with Crippen molar-refractivity contribution < 1.29 is 22.8 Å². The molecule has 0 spiro atoms. The van der Waals surface area contributed by atoms with Crippen molar-refractivity contribution in [2.75, 3.05) is 0 Å². The summed E-state index contributed by atoms with van der Waals surface area (Å²) in [4.78, 5) is 36.9. The van der Waals surface area contributed by atoms with Crippen LogP contribution in [0.5, 0.6) is 0 Å². The molecular weight excluding hydrogens is 435 g/mol. The van der Waals surface area contributed by atoms with E-state index >= 15 is 0 Å². The molecule has 4 aliphatic carbocycles. The highest BCUT2D eigenvalue weighted by molar-refractivity contribution is 5.93. The van der Waals surface area contributed by atoms with Crippen molar-refractivity contribution in [3.05, 3.63) is 53.4 Å². The van der Waals surface area contributed by atoms with E-state index in [4.69, 9.17) is 0 Å². The second-order valence-electron chi connectivity index (χ2n) is 9.86. The van der Waals surface area contributed by atoms with Gasteiger partial charge in [-0.1, -0.05) is 6.07 Å². The molecule has 4 saturated carbocycles. The third-order valence-corrected chi connectivity index (χ3v) is 7.08. The molecule has 2 aromatic heterocycles. The summed E-state index contributed by atoms with van der Waals surface area (Å²) in [6.07, 6.45) is 0.918. The summed E-state index contributed by atoms with van der Waals surface area (Å²) < 4.78 is 39.0. The number of alkyl halides is 3. The molecule has 2 amide bonds. The van der Waals surface area contributed by atoms with Crippen molar-refractivity contribution in [3.8, 4) is 0 Å². The highest BCUT2D eigenvalue weighted by Crippen LogP contribution is 2.57. The molecule has 4 fully saturated rings. The largest absolute Gasteiger partial charge is 0.451 e. The summed E-state index contributed by atoms with van der Waals surface area (Å²) in [7, 11) is 0. The molecule has 4 aliphatic rings. The zero-order valence-electron chi connectivity index (χ0n) is 18.1. The number of carbonyl (C=O) groups excluding carboxylic acids is 2. The first-order chi connectivity index (χ1) is 15.5. The Morgan fingerprint density at radius 1 is 0.939 bits per heavy atom. The molecule has 2 heterocycles. The van der Waals surface area contributed by atoms with Crippen LogP contribution in [0.15, 0.2) is 30.5 Å². The first kappa shape index (κ1) is 21.8. The molecule has 0 saturated heterocycles. The number of nitrogens with zero attached hydrogens (tertiary/aromatic N) is 3. The standard InChI is InChI=1S/C23H24F3N5O2/c1-13-3-2-4-16(28-13)18(32)30-21-8-14-7-15(9-21)11-22(10-14,12-21)31-19(33)17-5-6-27-20(29-17)23(24,25)26/h2-6,14-15H,7-12H2,1H3,(H,30,32)(H,31,33). The van der Waals surface area contributed by atoms with Gasteiger partial charge in [0, 0.05) is 23.0 Å². The molecule has 174 valence electrons. The number of pyridine rings is 1. The van der Waals surface area contributed by atoms with Gasteiger partial charge in [-0.2, -0.15) is 13.2 Å². The van der Waals surface area contributed by atoms with E-state index in [1.54, 1.807) is 12.1 Å². The Bertz CT molecular complexity index is 1110. The third-order valence-electron chi connectivity index (χ3n) is 7.08. The zero-order chi connectivity index (χ0) is 23.4. The molecule has 4 bridgehead atoms. The summed E-state index contributed by atoms with van der Waals surface area (Å²) in [5, 5.41) is 6.21. The van der Waals surface area contributed by atoms with E-state index in [9.17, 15) is 22.8 Å². The molecule has 2 N–H and O–H groups in total. The van der Waals surface area contributed by atoms with Gasteiger partial charge < -0.3 is 10.6 Å². The van der Waals surface area contributed by atoms with Crippen LogP contribution in [0.25, 0.3) is 0 Å². The predicted molar refractivity (Wildman–Crippen MR) is 111 cm³/mol. The average Bonchev–Trinajstić information content (AvgIpc) is 2.71. The van der Waals surface area contributed by atoms with Crippen LogP contribution < -0.4 is 10.6 Å². The number of nitrogens with one attached hydrogen (secondary N) is 2. The maximum absolute atomic E-state index is 13.0. The molecule has 33 heavy (non-hydrogen) atoms. The molecule has 0 radical (unpaired) electrons. The molecule has 0 aromatic carbocycles. The number of hydrogen-bond donors (Lipinski definition) is 2. The number of amides is 2. The number of halogens is 3. The Balaban J connectivity index is 1.37. The highest BCUT2D eigenvalue weighted by atomic mass is 19.4. The van der Waals surface area contributed by atoms with Crippen LogP contribution in [-0.4, -0.2) is 37.8 Å². The average molecular weight is 459 g/mol. The lowest BCUT2D eigenvalue weighted by Crippen LogP contribution is -2.70. The van der Waals surface area contributed by atoms with Crippen molar-refractivity contribution in [3.63, 3.8) is 0 Å². The van der Waals surface area contributed by atoms with Crippen molar-refractivity contribution in [2.24, 2.45) is 11.8 Å². The van der Waals surface area contributed by atoms with Crippen LogP contribution in [-0.2, 0) is 6.18 Å². The van der Waals surface area contributed by atoms with Gasteiger partial charge in [-0.15, -0.1) is 0 Å². The van der Waals surface area contributed by atoms with Gasteiger partial charge in [-0.25, -0.2) is 15.0 Å². The summed E-state index contributed by atoms with van der Waals surface area (Å²) in [6, 6.07) is 6.47. The Morgan fingerprint density at radius 3 is 2.06 bits per heavy atom. The van der Waals surface area contributed by atoms with E-state index in [0.29, 0.717) is 24.0 Å². The zero-order valence-corrected chi connectivity index (χ0v) is 18.1. The first-order valence-corrected chi connectivity index (χ1v) is 11.0. The van der Waals surface area contributed by atoms with Gasteiger partial charge in [0.2, 0.25) is 5.82 Å². The fourth-order valence-corrected chi connectivity index (χ4v) is 6.46. The van der Waals surface area contributed by atoms with Crippen molar-refractivity contribution in [1.29, 1.82) is 0 Å². The van der Waals surface area contributed by atoms with Crippen LogP contribution in [0.4, 0.5) is 13.2 Å². The summed E-state index contributed by atoms with van der Waals surface area (Å²) >= 11 is 0. The van der Waals surface area contributed by atoms with E-state index in [-0.39, 0.29) is 11.6 Å². The second-order valence-corrected chi connectivity index (χ2v) is 9.86. The van der Waals surface area contributed by atoms with Crippen LogP contribution in [0, 0.1) is 18.8 Å². The number of carbonyl (C=O) groups is 2. The number of aromatic nitrogens is 3. The van der Waals surface area contributed by atoms with E-state index in [0.717, 1.165) is 44.0 Å². The Hall–Kier alpha value is -3.04. The monoisotopic (exact) mass is 459 g/mol.